The van der Waals surface area contributed by atoms with Crippen LogP contribution in [0.5, 0.6) is 0 Å². The summed E-state index contributed by atoms with van der Waals surface area (Å²) in [6.45, 7) is 0. The Bertz CT molecular complexity index is 406. The molecule has 0 bridgehead atoms. The molecule has 16 heavy (non-hydrogen) atoms. The Morgan fingerprint density at radius 3 is 3.06 bits per heavy atom. The standard InChI is InChI=1S/C12H16N2OS/c1-13-10(4-5-16)8-2-3-11-9(6-8)7-12(15)14-11/h2-3,6,10,13,16H,4-5,7H2,1H3,(H,14,15). The SMILES string of the molecule is CNC(CCS)c1ccc2c(c1)CC(=O)N2. The van der Waals surface area contributed by atoms with Crippen LogP contribution in [0.4, 0.5) is 5.69 Å². The second-order valence-corrected chi connectivity index (χ2v) is 4.44. The van der Waals surface area contributed by atoms with Crippen LogP contribution in [-0.4, -0.2) is 18.7 Å². The largest absolute Gasteiger partial charge is 0.326 e. The zero-order valence-corrected chi connectivity index (χ0v) is 10.2. The van der Waals surface area contributed by atoms with Crippen LogP contribution in [0, 0.1) is 0 Å². The van der Waals surface area contributed by atoms with Crippen LogP contribution < -0.4 is 10.6 Å². The number of rotatable bonds is 4. The topological polar surface area (TPSA) is 41.1 Å². The molecule has 0 aromatic heterocycles. The van der Waals surface area contributed by atoms with Gasteiger partial charge >= 0.3 is 0 Å². The molecule has 3 nitrogen and oxygen atoms in total. The van der Waals surface area contributed by atoms with Gasteiger partial charge in [0, 0.05) is 11.7 Å². The van der Waals surface area contributed by atoms with E-state index >= 15 is 0 Å². The number of amides is 1. The summed E-state index contributed by atoms with van der Waals surface area (Å²) in [5.74, 6) is 0.933. The lowest BCUT2D eigenvalue weighted by molar-refractivity contribution is -0.115. The van der Waals surface area contributed by atoms with E-state index in [1.807, 2.05) is 13.1 Å². The fourth-order valence-corrected chi connectivity index (χ4v) is 2.33. The molecule has 0 fully saturated rings. The van der Waals surface area contributed by atoms with Gasteiger partial charge < -0.3 is 10.6 Å². The molecule has 1 amide bonds. The van der Waals surface area contributed by atoms with Crippen molar-refractivity contribution in [2.24, 2.45) is 0 Å². The van der Waals surface area contributed by atoms with Gasteiger partial charge in [0.1, 0.15) is 0 Å². The summed E-state index contributed by atoms with van der Waals surface area (Å²) >= 11 is 4.25. The molecule has 1 unspecified atom stereocenters. The first-order chi connectivity index (χ1) is 7.74. The first-order valence-corrected chi connectivity index (χ1v) is 6.08. The highest BCUT2D eigenvalue weighted by molar-refractivity contribution is 7.80. The van der Waals surface area contributed by atoms with E-state index in [0.29, 0.717) is 12.5 Å². The second-order valence-electron chi connectivity index (χ2n) is 4.00. The van der Waals surface area contributed by atoms with E-state index in [-0.39, 0.29) is 5.91 Å². The number of benzene rings is 1. The van der Waals surface area contributed by atoms with Crippen molar-refractivity contribution in [1.82, 2.24) is 5.32 Å². The maximum Gasteiger partial charge on any atom is 0.228 e. The molecule has 0 spiro atoms. The normalized spacial score (nSPS) is 15.8. The molecule has 1 heterocycles. The maximum atomic E-state index is 11.2. The zero-order chi connectivity index (χ0) is 11.5. The molecular formula is C12H16N2OS. The van der Waals surface area contributed by atoms with Gasteiger partial charge in [-0.1, -0.05) is 12.1 Å². The number of hydrogen-bond acceptors (Lipinski definition) is 3. The number of carbonyl (C=O) groups excluding carboxylic acids is 1. The fraction of sp³-hybridized carbons (Fsp3) is 0.417. The summed E-state index contributed by atoms with van der Waals surface area (Å²) < 4.78 is 0. The van der Waals surface area contributed by atoms with Gasteiger partial charge in [0.15, 0.2) is 0 Å². The summed E-state index contributed by atoms with van der Waals surface area (Å²) in [4.78, 5) is 11.2. The Kier molecular flexibility index (Phi) is 3.51. The van der Waals surface area contributed by atoms with Gasteiger partial charge in [-0.2, -0.15) is 12.6 Å². The van der Waals surface area contributed by atoms with Gasteiger partial charge in [-0.3, -0.25) is 4.79 Å². The Balaban J connectivity index is 2.24. The third-order valence-electron chi connectivity index (χ3n) is 2.92. The van der Waals surface area contributed by atoms with Crippen LogP contribution in [0.1, 0.15) is 23.6 Å². The lowest BCUT2D eigenvalue weighted by atomic mass is 10.0. The lowest BCUT2D eigenvalue weighted by Crippen LogP contribution is -2.16. The molecule has 1 aromatic rings. The summed E-state index contributed by atoms with van der Waals surface area (Å²) in [6.07, 6.45) is 1.49. The number of thiol groups is 1. The molecule has 0 radical (unpaired) electrons. The Morgan fingerprint density at radius 1 is 1.56 bits per heavy atom. The van der Waals surface area contributed by atoms with E-state index in [9.17, 15) is 4.79 Å². The summed E-state index contributed by atoms with van der Waals surface area (Å²) in [6, 6.07) is 6.48. The molecule has 1 atom stereocenters. The Hall–Kier alpha value is -1.00. The second kappa shape index (κ2) is 4.89. The highest BCUT2D eigenvalue weighted by Crippen LogP contribution is 2.27. The average molecular weight is 236 g/mol. The van der Waals surface area contributed by atoms with E-state index in [1.54, 1.807) is 0 Å². The number of anilines is 1. The molecule has 0 saturated heterocycles. The van der Waals surface area contributed by atoms with Gasteiger partial charge in [0.05, 0.1) is 6.42 Å². The predicted molar refractivity (Wildman–Crippen MR) is 69.0 cm³/mol. The minimum absolute atomic E-state index is 0.0855. The average Bonchev–Trinajstić information content (AvgIpc) is 2.64. The summed E-state index contributed by atoms with van der Waals surface area (Å²) in [5, 5.41) is 6.11. The third kappa shape index (κ3) is 2.23. The van der Waals surface area contributed by atoms with Crippen LogP contribution in [0.3, 0.4) is 0 Å². The van der Waals surface area contributed by atoms with Crippen molar-refractivity contribution in [1.29, 1.82) is 0 Å². The van der Waals surface area contributed by atoms with E-state index in [1.165, 1.54) is 5.56 Å². The van der Waals surface area contributed by atoms with Crippen LogP contribution in [0.2, 0.25) is 0 Å². The molecule has 1 aliphatic heterocycles. The van der Waals surface area contributed by atoms with E-state index in [4.69, 9.17) is 0 Å². The van der Waals surface area contributed by atoms with E-state index in [0.717, 1.165) is 23.4 Å². The summed E-state index contributed by atoms with van der Waals surface area (Å²) in [5.41, 5.74) is 3.28. The Morgan fingerprint density at radius 2 is 2.38 bits per heavy atom. The highest BCUT2D eigenvalue weighted by atomic mass is 32.1. The number of nitrogens with one attached hydrogen (secondary N) is 2. The van der Waals surface area contributed by atoms with Gasteiger partial charge in [-0.05, 0) is 36.4 Å². The number of fused-ring (bicyclic) bond motifs is 1. The monoisotopic (exact) mass is 236 g/mol. The highest BCUT2D eigenvalue weighted by Gasteiger charge is 2.19. The van der Waals surface area contributed by atoms with Crippen LogP contribution in [0.25, 0.3) is 0 Å². The molecule has 1 aliphatic rings. The number of carbonyl (C=O) groups is 1. The molecule has 2 N–H and O–H groups in total. The van der Waals surface area contributed by atoms with Crippen molar-refractivity contribution in [3.8, 4) is 0 Å². The van der Waals surface area contributed by atoms with E-state index < -0.39 is 0 Å². The summed E-state index contributed by atoms with van der Waals surface area (Å²) in [7, 11) is 1.95. The smallest absolute Gasteiger partial charge is 0.228 e. The van der Waals surface area contributed by atoms with E-state index in [2.05, 4.69) is 35.4 Å². The molecule has 2 rings (SSSR count). The maximum absolute atomic E-state index is 11.2. The van der Waals surface area contributed by atoms with Gasteiger partial charge in [-0.25, -0.2) is 0 Å². The molecule has 1 aromatic carbocycles. The number of hydrogen-bond donors (Lipinski definition) is 3. The fourth-order valence-electron chi connectivity index (χ4n) is 2.07. The Labute approximate surface area is 101 Å². The lowest BCUT2D eigenvalue weighted by Gasteiger charge is -2.16. The third-order valence-corrected chi connectivity index (χ3v) is 3.18. The first kappa shape index (κ1) is 11.5. The first-order valence-electron chi connectivity index (χ1n) is 5.45. The quantitative estimate of drug-likeness (QED) is 0.697. The van der Waals surface area contributed by atoms with Crippen molar-refractivity contribution in [3.63, 3.8) is 0 Å². The minimum atomic E-state index is 0.0855. The molecular weight excluding hydrogens is 220 g/mol. The molecule has 0 saturated carbocycles. The van der Waals surface area contributed by atoms with Gasteiger partial charge in [0.2, 0.25) is 5.91 Å². The van der Waals surface area contributed by atoms with Gasteiger partial charge in [-0.15, -0.1) is 0 Å². The van der Waals surface area contributed by atoms with Crippen molar-refractivity contribution in [2.45, 2.75) is 18.9 Å². The van der Waals surface area contributed by atoms with Crippen LogP contribution in [0.15, 0.2) is 18.2 Å². The molecule has 86 valence electrons. The minimum Gasteiger partial charge on any atom is -0.326 e. The molecule has 0 aliphatic carbocycles. The van der Waals surface area contributed by atoms with Crippen molar-refractivity contribution in [3.05, 3.63) is 29.3 Å². The van der Waals surface area contributed by atoms with Crippen molar-refractivity contribution in [2.75, 3.05) is 18.1 Å². The molecule has 4 heteroatoms. The van der Waals surface area contributed by atoms with Crippen molar-refractivity contribution < 1.29 is 4.79 Å². The zero-order valence-electron chi connectivity index (χ0n) is 9.29. The van der Waals surface area contributed by atoms with Crippen LogP contribution in [-0.2, 0) is 11.2 Å². The van der Waals surface area contributed by atoms with Crippen molar-refractivity contribution >= 4 is 24.2 Å². The van der Waals surface area contributed by atoms with Crippen LogP contribution >= 0.6 is 12.6 Å². The predicted octanol–water partition coefficient (Wildman–Crippen LogP) is 1.76. The van der Waals surface area contributed by atoms with Gasteiger partial charge in [0.25, 0.3) is 0 Å².